The van der Waals surface area contributed by atoms with Crippen molar-refractivity contribution in [1.29, 1.82) is 0 Å². The number of nitrogens with one attached hydrogen (secondary N) is 1. The normalized spacial score (nSPS) is 11.2. The number of aromatic amines is 1. The predicted molar refractivity (Wildman–Crippen MR) is 95.3 cm³/mol. The van der Waals surface area contributed by atoms with Gasteiger partial charge in [-0.1, -0.05) is 34.1 Å². The van der Waals surface area contributed by atoms with Gasteiger partial charge in [0, 0.05) is 38.7 Å². The molecule has 2 aromatic heterocycles. The van der Waals surface area contributed by atoms with Crippen LogP contribution in [0.2, 0.25) is 0 Å². The van der Waals surface area contributed by atoms with Crippen LogP contribution < -0.4 is 5.73 Å². The Kier molecular flexibility index (Phi) is 3.16. The van der Waals surface area contributed by atoms with Gasteiger partial charge in [-0.3, -0.25) is 9.78 Å². The van der Waals surface area contributed by atoms with Crippen LogP contribution >= 0.6 is 15.9 Å². The van der Waals surface area contributed by atoms with Crippen molar-refractivity contribution < 1.29 is 4.79 Å². The number of pyridine rings is 1. The molecular weight excluding hydrogens is 354 g/mol. The van der Waals surface area contributed by atoms with Gasteiger partial charge >= 0.3 is 0 Å². The summed E-state index contributed by atoms with van der Waals surface area (Å²) >= 11 is 3.44. The zero-order valence-corrected chi connectivity index (χ0v) is 13.6. The number of hydrogen-bond donors (Lipinski definition) is 2. The van der Waals surface area contributed by atoms with E-state index in [2.05, 4.69) is 38.0 Å². The Balaban J connectivity index is 2.02. The van der Waals surface area contributed by atoms with E-state index < -0.39 is 5.91 Å². The van der Waals surface area contributed by atoms with E-state index in [1.165, 1.54) is 0 Å². The number of H-pyrrole nitrogens is 1. The molecule has 2 aromatic carbocycles. The number of nitrogens with two attached hydrogens (primary N) is 1. The van der Waals surface area contributed by atoms with Crippen molar-refractivity contribution in [3.05, 3.63) is 64.9 Å². The molecule has 1 amide bonds. The fourth-order valence-electron chi connectivity index (χ4n) is 2.88. The number of hydrogen-bond acceptors (Lipinski definition) is 2. The maximum Gasteiger partial charge on any atom is 0.250 e. The Morgan fingerprint density at radius 2 is 1.96 bits per heavy atom. The first-order valence-corrected chi connectivity index (χ1v) is 7.88. The van der Waals surface area contributed by atoms with Gasteiger partial charge in [0.25, 0.3) is 5.91 Å². The molecule has 0 saturated carbocycles. The Hall–Kier alpha value is -2.66. The van der Waals surface area contributed by atoms with Crippen molar-refractivity contribution in [2.45, 2.75) is 0 Å². The third kappa shape index (κ3) is 2.29. The van der Waals surface area contributed by atoms with Crippen molar-refractivity contribution in [3.8, 4) is 11.1 Å². The number of carbonyl (C=O) groups is 1. The number of nitrogens with zero attached hydrogens (tertiary/aromatic N) is 1. The fraction of sp³-hybridized carbons (Fsp3) is 0. The van der Waals surface area contributed by atoms with Gasteiger partial charge in [-0.15, -0.1) is 0 Å². The molecule has 0 aliphatic carbocycles. The van der Waals surface area contributed by atoms with Crippen LogP contribution in [0.1, 0.15) is 10.4 Å². The van der Waals surface area contributed by atoms with Gasteiger partial charge in [0.1, 0.15) is 0 Å². The van der Waals surface area contributed by atoms with E-state index in [-0.39, 0.29) is 0 Å². The topological polar surface area (TPSA) is 71.8 Å². The first kappa shape index (κ1) is 14.0. The van der Waals surface area contributed by atoms with Crippen LogP contribution in [-0.4, -0.2) is 15.9 Å². The van der Waals surface area contributed by atoms with Crippen molar-refractivity contribution >= 4 is 43.6 Å². The van der Waals surface area contributed by atoms with Crippen LogP contribution in [0.4, 0.5) is 0 Å². The summed E-state index contributed by atoms with van der Waals surface area (Å²) in [6.45, 7) is 0. The van der Waals surface area contributed by atoms with Gasteiger partial charge in [0.05, 0.1) is 11.1 Å². The number of carbonyl (C=O) groups excluding carboxylic acids is 1. The molecule has 0 unspecified atom stereocenters. The van der Waals surface area contributed by atoms with E-state index in [4.69, 9.17) is 5.73 Å². The summed E-state index contributed by atoms with van der Waals surface area (Å²) in [7, 11) is 0. The van der Waals surface area contributed by atoms with Crippen LogP contribution in [0, 0.1) is 0 Å². The average molecular weight is 366 g/mol. The minimum Gasteiger partial charge on any atom is -0.366 e. The molecular formula is C18H12BrN3O. The molecule has 0 spiro atoms. The first-order chi connectivity index (χ1) is 11.1. The molecule has 0 atom stereocenters. The highest BCUT2D eigenvalue weighted by molar-refractivity contribution is 9.10. The molecule has 4 rings (SSSR count). The van der Waals surface area contributed by atoms with E-state index in [9.17, 15) is 4.79 Å². The third-order valence-corrected chi connectivity index (χ3v) is 4.39. The number of benzene rings is 2. The highest BCUT2D eigenvalue weighted by Gasteiger charge is 2.13. The molecule has 3 N–H and O–H groups in total. The minimum absolute atomic E-state index is 0.449. The number of rotatable bonds is 2. The predicted octanol–water partition coefficient (Wildman–Crippen LogP) is 4.24. The quantitative estimate of drug-likeness (QED) is 0.557. The SMILES string of the molecule is NC(=O)c1cc(Br)cc2c1[nH]c1cc(-c3cccnc3)ccc12. The summed E-state index contributed by atoms with van der Waals surface area (Å²) in [6.07, 6.45) is 3.58. The second kappa shape index (κ2) is 5.21. The van der Waals surface area contributed by atoms with Gasteiger partial charge in [-0.2, -0.15) is 0 Å². The Labute approximate surface area is 140 Å². The Morgan fingerprint density at radius 1 is 1.09 bits per heavy atom. The zero-order chi connectivity index (χ0) is 16.0. The lowest BCUT2D eigenvalue weighted by molar-refractivity contribution is 0.100. The summed E-state index contributed by atoms with van der Waals surface area (Å²) in [6, 6.07) is 13.8. The van der Waals surface area contributed by atoms with Crippen LogP contribution in [0.15, 0.2) is 59.3 Å². The van der Waals surface area contributed by atoms with Gasteiger partial charge in [-0.05, 0) is 29.8 Å². The van der Waals surface area contributed by atoms with Crippen molar-refractivity contribution in [2.24, 2.45) is 5.73 Å². The summed E-state index contributed by atoms with van der Waals surface area (Å²) in [5, 5.41) is 2.03. The van der Waals surface area contributed by atoms with E-state index in [0.29, 0.717) is 5.56 Å². The number of amides is 1. The van der Waals surface area contributed by atoms with Crippen LogP contribution in [0.3, 0.4) is 0 Å². The average Bonchev–Trinajstić information content (AvgIpc) is 2.92. The lowest BCUT2D eigenvalue weighted by Crippen LogP contribution is -2.11. The first-order valence-electron chi connectivity index (χ1n) is 7.08. The molecule has 0 radical (unpaired) electrons. The Morgan fingerprint density at radius 3 is 2.70 bits per heavy atom. The molecule has 112 valence electrons. The molecule has 0 fully saturated rings. The highest BCUT2D eigenvalue weighted by atomic mass is 79.9. The zero-order valence-electron chi connectivity index (χ0n) is 12.0. The third-order valence-electron chi connectivity index (χ3n) is 3.93. The van der Waals surface area contributed by atoms with E-state index in [1.807, 2.05) is 30.5 Å². The van der Waals surface area contributed by atoms with Gasteiger partial charge < -0.3 is 10.7 Å². The molecule has 0 saturated heterocycles. The van der Waals surface area contributed by atoms with Crippen molar-refractivity contribution in [3.63, 3.8) is 0 Å². The van der Waals surface area contributed by atoms with E-state index in [0.717, 1.165) is 37.4 Å². The van der Waals surface area contributed by atoms with Crippen LogP contribution in [0.5, 0.6) is 0 Å². The number of aromatic nitrogens is 2. The minimum atomic E-state index is -0.449. The van der Waals surface area contributed by atoms with Gasteiger partial charge in [0.2, 0.25) is 0 Å². The Bertz CT molecular complexity index is 1050. The van der Waals surface area contributed by atoms with E-state index in [1.54, 1.807) is 12.3 Å². The van der Waals surface area contributed by atoms with E-state index >= 15 is 0 Å². The molecule has 0 aliphatic heterocycles. The summed E-state index contributed by atoms with van der Waals surface area (Å²) in [5.74, 6) is -0.449. The largest absolute Gasteiger partial charge is 0.366 e. The molecule has 0 bridgehead atoms. The summed E-state index contributed by atoms with van der Waals surface area (Å²) in [4.78, 5) is 19.2. The smallest absolute Gasteiger partial charge is 0.250 e. The molecule has 23 heavy (non-hydrogen) atoms. The van der Waals surface area contributed by atoms with Crippen LogP contribution in [-0.2, 0) is 0 Å². The molecule has 4 aromatic rings. The maximum absolute atomic E-state index is 11.7. The standard InChI is InChI=1S/C18H12BrN3O/c19-12-7-14-13-4-3-10(11-2-1-5-21-9-11)6-16(13)22-17(14)15(8-12)18(20)23/h1-9,22H,(H2,20,23). The molecule has 4 nitrogen and oxygen atoms in total. The fourth-order valence-corrected chi connectivity index (χ4v) is 3.34. The monoisotopic (exact) mass is 365 g/mol. The number of fused-ring (bicyclic) bond motifs is 3. The number of primary amides is 1. The van der Waals surface area contributed by atoms with Crippen LogP contribution in [0.25, 0.3) is 32.9 Å². The summed E-state index contributed by atoms with van der Waals surface area (Å²) in [5.41, 5.74) is 9.82. The van der Waals surface area contributed by atoms with Crippen molar-refractivity contribution in [1.82, 2.24) is 9.97 Å². The molecule has 0 aliphatic rings. The second-order valence-electron chi connectivity index (χ2n) is 5.37. The lowest BCUT2D eigenvalue weighted by atomic mass is 10.0. The second-order valence-corrected chi connectivity index (χ2v) is 6.28. The lowest BCUT2D eigenvalue weighted by Gasteiger charge is -2.01. The van der Waals surface area contributed by atoms with Crippen molar-refractivity contribution in [2.75, 3.05) is 0 Å². The highest BCUT2D eigenvalue weighted by Crippen LogP contribution is 2.33. The maximum atomic E-state index is 11.7. The molecule has 2 heterocycles. The summed E-state index contributed by atoms with van der Waals surface area (Å²) < 4.78 is 0.830. The molecule has 5 heteroatoms. The number of halogens is 1. The van der Waals surface area contributed by atoms with Gasteiger partial charge in [0.15, 0.2) is 0 Å². The van der Waals surface area contributed by atoms with Gasteiger partial charge in [-0.25, -0.2) is 0 Å².